The number of hydrogen-bond acceptors (Lipinski definition) is 3. The molecule has 1 heterocycles. The number of carbonyl (C=O) groups is 1. The summed E-state index contributed by atoms with van der Waals surface area (Å²) in [4.78, 5) is 14.5. The van der Waals surface area contributed by atoms with Gasteiger partial charge in [0.1, 0.15) is 0 Å². The van der Waals surface area contributed by atoms with Gasteiger partial charge >= 0.3 is 5.97 Å². The zero-order valence-corrected chi connectivity index (χ0v) is 12.9. The Labute approximate surface area is 125 Å². The first-order valence-electron chi connectivity index (χ1n) is 7.28. The molecule has 0 saturated carbocycles. The van der Waals surface area contributed by atoms with Crippen LogP contribution in [-0.2, 0) is 11.3 Å². The van der Waals surface area contributed by atoms with E-state index in [9.17, 15) is 4.79 Å². The number of carboxylic acids is 1. The second-order valence-corrected chi connectivity index (χ2v) is 6.28. The summed E-state index contributed by atoms with van der Waals surface area (Å²) in [5.41, 5.74) is 1.32. The molecule has 1 atom stereocenters. The molecule has 1 aromatic carbocycles. The lowest BCUT2D eigenvalue weighted by Gasteiger charge is -2.35. The molecular formula is C16H23NO2S. The Bertz CT molecular complexity index is 433. The number of carboxylic acid groups (broad SMARTS) is 1. The van der Waals surface area contributed by atoms with E-state index in [0.717, 1.165) is 25.9 Å². The maximum Gasteiger partial charge on any atom is 0.303 e. The quantitative estimate of drug-likeness (QED) is 0.813. The van der Waals surface area contributed by atoms with Gasteiger partial charge in [0.25, 0.3) is 0 Å². The molecular weight excluding hydrogens is 270 g/mol. The molecule has 0 amide bonds. The zero-order valence-electron chi connectivity index (χ0n) is 12.0. The van der Waals surface area contributed by atoms with Gasteiger partial charge in [-0.3, -0.25) is 9.69 Å². The lowest BCUT2D eigenvalue weighted by molar-refractivity contribution is -0.137. The van der Waals surface area contributed by atoms with Crippen LogP contribution in [0.5, 0.6) is 0 Å². The van der Waals surface area contributed by atoms with E-state index in [1.807, 2.05) is 0 Å². The molecule has 1 unspecified atom stereocenters. The van der Waals surface area contributed by atoms with Crippen molar-refractivity contribution in [1.82, 2.24) is 4.90 Å². The van der Waals surface area contributed by atoms with Gasteiger partial charge in [-0.05, 0) is 49.8 Å². The van der Waals surface area contributed by atoms with Crippen molar-refractivity contribution >= 4 is 17.7 Å². The fraction of sp³-hybridized carbons (Fsp3) is 0.562. The van der Waals surface area contributed by atoms with Crippen molar-refractivity contribution in [3.63, 3.8) is 0 Å². The molecule has 0 bridgehead atoms. The fourth-order valence-electron chi connectivity index (χ4n) is 2.85. The third kappa shape index (κ3) is 4.53. The van der Waals surface area contributed by atoms with Crippen LogP contribution in [0.25, 0.3) is 0 Å². The van der Waals surface area contributed by atoms with E-state index < -0.39 is 5.97 Å². The molecule has 3 nitrogen and oxygen atoms in total. The zero-order chi connectivity index (χ0) is 14.4. The fourth-order valence-corrected chi connectivity index (χ4v) is 3.26. The van der Waals surface area contributed by atoms with E-state index in [4.69, 9.17) is 5.11 Å². The predicted molar refractivity (Wildman–Crippen MR) is 83.1 cm³/mol. The van der Waals surface area contributed by atoms with Crippen LogP contribution >= 0.6 is 11.8 Å². The molecule has 0 aliphatic carbocycles. The van der Waals surface area contributed by atoms with Crippen molar-refractivity contribution in [2.24, 2.45) is 0 Å². The van der Waals surface area contributed by atoms with E-state index in [1.54, 1.807) is 11.8 Å². The highest BCUT2D eigenvalue weighted by Gasteiger charge is 2.22. The summed E-state index contributed by atoms with van der Waals surface area (Å²) >= 11 is 1.76. The number of thioether (sulfide) groups is 1. The highest BCUT2D eigenvalue weighted by molar-refractivity contribution is 7.98. The van der Waals surface area contributed by atoms with Crippen LogP contribution in [0.1, 0.15) is 37.7 Å². The number of benzene rings is 1. The molecule has 0 spiro atoms. The molecule has 1 aliphatic heterocycles. The summed E-state index contributed by atoms with van der Waals surface area (Å²) in [5, 5.41) is 8.86. The number of piperidine rings is 1. The van der Waals surface area contributed by atoms with Crippen LogP contribution in [0.15, 0.2) is 29.2 Å². The molecule has 20 heavy (non-hydrogen) atoms. The van der Waals surface area contributed by atoms with Gasteiger partial charge in [0.05, 0.1) is 0 Å². The first-order valence-corrected chi connectivity index (χ1v) is 8.50. The Morgan fingerprint density at radius 1 is 1.35 bits per heavy atom. The van der Waals surface area contributed by atoms with Crippen LogP contribution in [0.2, 0.25) is 0 Å². The lowest BCUT2D eigenvalue weighted by Crippen LogP contribution is -2.39. The van der Waals surface area contributed by atoms with Crippen molar-refractivity contribution in [2.75, 3.05) is 12.8 Å². The Hall–Kier alpha value is -1.00. The van der Waals surface area contributed by atoms with Gasteiger partial charge in [0, 0.05) is 23.9 Å². The van der Waals surface area contributed by atoms with Gasteiger partial charge < -0.3 is 5.11 Å². The van der Waals surface area contributed by atoms with Gasteiger partial charge in [-0.2, -0.15) is 0 Å². The number of nitrogens with zero attached hydrogens (tertiary/aromatic N) is 1. The van der Waals surface area contributed by atoms with Gasteiger partial charge in [-0.25, -0.2) is 0 Å². The third-order valence-electron chi connectivity index (χ3n) is 3.99. The van der Waals surface area contributed by atoms with E-state index >= 15 is 0 Å². The first-order chi connectivity index (χ1) is 9.69. The second-order valence-electron chi connectivity index (χ2n) is 5.40. The van der Waals surface area contributed by atoms with Crippen molar-refractivity contribution in [3.05, 3.63) is 29.8 Å². The van der Waals surface area contributed by atoms with Crippen molar-refractivity contribution < 1.29 is 9.90 Å². The van der Waals surface area contributed by atoms with Gasteiger partial charge in [0.15, 0.2) is 0 Å². The molecule has 1 aromatic rings. The summed E-state index contributed by atoms with van der Waals surface area (Å²) in [7, 11) is 0. The van der Waals surface area contributed by atoms with Gasteiger partial charge in [-0.1, -0.05) is 18.6 Å². The van der Waals surface area contributed by atoms with Crippen molar-refractivity contribution in [2.45, 2.75) is 49.6 Å². The maximum atomic E-state index is 10.8. The Balaban J connectivity index is 1.94. The molecule has 1 fully saturated rings. The molecule has 110 valence electrons. The number of rotatable bonds is 6. The summed E-state index contributed by atoms with van der Waals surface area (Å²) < 4.78 is 0. The van der Waals surface area contributed by atoms with Gasteiger partial charge in [0.2, 0.25) is 0 Å². The average Bonchev–Trinajstić information content (AvgIpc) is 2.47. The summed E-state index contributed by atoms with van der Waals surface area (Å²) in [6, 6.07) is 9.13. The monoisotopic (exact) mass is 293 g/mol. The lowest BCUT2D eigenvalue weighted by atomic mass is 9.97. The van der Waals surface area contributed by atoms with Crippen LogP contribution in [0, 0.1) is 0 Å². The summed E-state index contributed by atoms with van der Waals surface area (Å²) in [6.45, 7) is 2.04. The minimum atomic E-state index is -0.681. The average molecular weight is 293 g/mol. The van der Waals surface area contributed by atoms with E-state index in [0.29, 0.717) is 6.04 Å². The number of aliphatic carboxylic acids is 1. The molecule has 4 heteroatoms. The second kappa shape index (κ2) is 7.70. The number of likely N-dealkylation sites (tertiary alicyclic amines) is 1. The molecule has 0 radical (unpaired) electrons. The van der Waals surface area contributed by atoms with Gasteiger partial charge in [-0.15, -0.1) is 11.8 Å². The predicted octanol–water partition coefficient (Wildman–Crippen LogP) is 3.63. The highest BCUT2D eigenvalue weighted by Crippen LogP contribution is 2.24. The standard InChI is InChI=1S/C16H23NO2S/c1-20-15-8-5-13(6-9-15)12-17-11-3-2-4-14(17)7-10-16(18)19/h5-6,8-9,14H,2-4,7,10-12H2,1H3,(H,18,19). The smallest absolute Gasteiger partial charge is 0.303 e. The third-order valence-corrected chi connectivity index (χ3v) is 4.73. The molecule has 1 aliphatic rings. The summed E-state index contributed by atoms with van der Waals surface area (Å²) in [6.07, 6.45) is 6.74. The Morgan fingerprint density at radius 2 is 2.10 bits per heavy atom. The molecule has 2 rings (SSSR count). The van der Waals surface area contributed by atoms with Crippen LogP contribution in [0.3, 0.4) is 0 Å². The minimum Gasteiger partial charge on any atom is -0.481 e. The normalized spacial score (nSPS) is 19.9. The van der Waals surface area contributed by atoms with E-state index in [1.165, 1.54) is 23.3 Å². The van der Waals surface area contributed by atoms with Crippen LogP contribution in [-0.4, -0.2) is 34.8 Å². The Kier molecular flexibility index (Phi) is 5.92. The maximum absolute atomic E-state index is 10.8. The van der Waals surface area contributed by atoms with Crippen molar-refractivity contribution in [3.8, 4) is 0 Å². The van der Waals surface area contributed by atoms with Crippen LogP contribution in [0.4, 0.5) is 0 Å². The SMILES string of the molecule is CSc1ccc(CN2CCCCC2CCC(=O)O)cc1. The molecule has 1 N–H and O–H groups in total. The number of hydrogen-bond donors (Lipinski definition) is 1. The topological polar surface area (TPSA) is 40.5 Å². The summed E-state index contributed by atoms with van der Waals surface area (Å²) in [5.74, 6) is -0.681. The highest BCUT2D eigenvalue weighted by atomic mass is 32.2. The first kappa shape index (κ1) is 15.4. The molecule has 0 aromatic heterocycles. The van der Waals surface area contributed by atoms with E-state index in [-0.39, 0.29) is 6.42 Å². The van der Waals surface area contributed by atoms with Crippen LogP contribution < -0.4 is 0 Å². The van der Waals surface area contributed by atoms with Crippen molar-refractivity contribution in [1.29, 1.82) is 0 Å². The Morgan fingerprint density at radius 3 is 2.75 bits per heavy atom. The van der Waals surface area contributed by atoms with E-state index in [2.05, 4.69) is 35.4 Å². The largest absolute Gasteiger partial charge is 0.481 e. The molecule has 1 saturated heterocycles. The minimum absolute atomic E-state index is 0.284.